The summed E-state index contributed by atoms with van der Waals surface area (Å²) in [5, 5.41) is 12.8. The summed E-state index contributed by atoms with van der Waals surface area (Å²) in [7, 11) is 1.56. The van der Waals surface area contributed by atoms with Gasteiger partial charge in [-0.15, -0.1) is 0 Å². The van der Waals surface area contributed by atoms with Crippen LogP contribution in [0, 0.1) is 20.8 Å². The molecule has 0 saturated heterocycles. The van der Waals surface area contributed by atoms with Crippen LogP contribution in [0.3, 0.4) is 0 Å². The number of methoxy groups -OCH3 is 1. The molecular formula is C25H23N7O2. The third-order valence-electron chi connectivity index (χ3n) is 5.53. The fourth-order valence-electron chi connectivity index (χ4n) is 3.92. The summed E-state index contributed by atoms with van der Waals surface area (Å²) in [6.45, 7) is 5.95. The maximum atomic E-state index is 12.9. The predicted octanol–water partition coefficient (Wildman–Crippen LogP) is 4.19. The number of rotatable bonds is 5. The van der Waals surface area contributed by atoms with Crippen molar-refractivity contribution in [1.82, 2.24) is 29.5 Å². The number of benzene rings is 2. The van der Waals surface area contributed by atoms with Crippen LogP contribution < -0.4 is 10.1 Å². The zero-order valence-corrected chi connectivity index (χ0v) is 19.3. The van der Waals surface area contributed by atoms with E-state index in [2.05, 4.69) is 38.5 Å². The van der Waals surface area contributed by atoms with E-state index in [1.54, 1.807) is 53.0 Å². The van der Waals surface area contributed by atoms with Gasteiger partial charge < -0.3 is 10.1 Å². The van der Waals surface area contributed by atoms with E-state index in [0.29, 0.717) is 34.0 Å². The van der Waals surface area contributed by atoms with Gasteiger partial charge in [0, 0.05) is 11.6 Å². The van der Waals surface area contributed by atoms with Gasteiger partial charge in [-0.25, -0.2) is 14.6 Å². The van der Waals surface area contributed by atoms with Crippen molar-refractivity contribution >= 4 is 22.8 Å². The van der Waals surface area contributed by atoms with Crippen LogP contribution in [0.2, 0.25) is 0 Å². The molecule has 0 radical (unpaired) electrons. The minimum absolute atomic E-state index is 0.281. The molecule has 5 aromatic rings. The number of carbonyl (C=O) groups excluding carboxylic acids is 1. The average Bonchev–Trinajstić information content (AvgIpc) is 3.42. The van der Waals surface area contributed by atoms with Crippen molar-refractivity contribution in [3.8, 4) is 17.3 Å². The number of hydrogen-bond donors (Lipinski definition) is 1. The van der Waals surface area contributed by atoms with Crippen molar-refractivity contribution in [3.63, 3.8) is 0 Å². The first-order valence-corrected chi connectivity index (χ1v) is 10.7. The van der Waals surface area contributed by atoms with E-state index in [1.807, 2.05) is 26.0 Å². The summed E-state index contributed by atoms with van der Waals surface area (Å²) in [5.74, 6) is 1.34. The number of fused-ring (bicyclic) bond motifs is 1. The number of anilines is 1. The summed E-state index contributed by atoms with van der Waals surface area (Å²) in [4.78, 5) is 21.9. The van der Waals surface area contributed by atoms with Crippen molar-refractivity contribution < 1.29 is 9.53 Å². The van der Waals surface area contributed by atoms with Crippen molar-refractivity contribution in [2.75, 3.05) is 12.4 Å². The second kappa shape index (κ2) is 8.43. The molecule has 0 aliphatic rings. The Labute approximate surface area is 196 Å². The maximum absolute atomic E-state index is 12.9. The molecule has 3 aromatic heterocycles. The third-order valence-corrected chi connectivity index (χ3v) is 5.53. The third kappa shape index (κ3) is 3.77. The van der Waals surface area contributed by atoms with E-state index in [4.69, 9.17) is 4.74 Å². The fraction of sp³-hybridized carbons (Fsp3) is 0.160. The molecule has 5 rings (SSSR count). The van der Waals surface area contributed by atoms with Crippen LogP contribution in [0.5, 0.6) is 5.75 Å². The number of hydrogen-bond acceptors (Lipinski definition) is 6. The highest BCUT2D eigenvalue weighted by Gasteiger charge is 2.19. The summed E-state index contributed by atoms with van der Waals surface area (Å²) < 4.78 is 8.62. The topological polar surface area (TPSA) is 99.8 Å². The molecule has 2 aromatic carbocycles. The lowest BCUT2D eigenvalue weighted by Crippen LogP contribution is -2.16. The maximum Gasteiger partial charge on any atom is 0.256 e. The number of aromatic nitrogens is 6. The molecule has 0 aliphatic heterocycles. The second-order valence-electron chi connectivity index (χ2n) is 8.05. The van der Waals surface area contributed by atoms with E-state index < -0.39 is 0 Å². The van der Waals surface area contributed by atoms with Crippen molar-refractivity contribution in [1.29, 1.82) is 0 Å². The number of nitrogens with zero attached hydrogens (tertiary/aromatic N) is 6. The Balaban J connectivity index is 1.56. The van der Waals surface area contributed by atoms with Crippen molar-refractivity contribution in [2.45, 2.75) is 20.8 Å². The molecule has 0 bridgehead atoms. The fourth-order valence-corrected chi connectivity index (χ4v) is 3.92. The van der Waals surface area contributed by atoms with Crippen LogP contribution in [0.1, 0.15) is 27.2 Å². The zero-order valence-electron chi connectivity index (χ0n) is 19.3. The Hall–Kier alpha value is -4.53. The lowest BCUT2D eigenvalue weighted by Gasteiger charge is -2.10. The zero-order chi connectivity index (χ0) is 23.8. The number of carbonyl (C=O) groups is 1. The van der Waals surface area contributed by atoms with E-state index in [9.17, 15) is 4.79 Å². The molecule has 1 amide bonds. The Bertz CT molecular complexity index is 1530. The molecule has 0 fully saturated rings. The molecule has 0 spiro atoms. The lowest BCUT2D eigenvalue weighted by atomic mass is 10.1. The Morgan fingerprint density at radius 1 is 1.00 bits per heavy atom. The quantitative estimate of drug-likeness (QED) is 0.428. The van der Waals surface area contributed by atoms with Gasteiger partial charge in [-0.1, -0.05) is 23.8 Å². The minimum Gasteiger partial charge on any atom is -0.497 e. The van der Waals surface area contributed by atoms with Gasteiger partial charge in [-0.2, -0.15) is 14.9 Å². The van der Waals surface area contributed by atoms with Gasteiger partial charge in [-0.3, -0.25) is 4.79 Å². The largest absolute Gasteiger partial charge is 0.497 e. The molecule has 0 atom stereocenters. The molecule has 34 heavy (non-hydrogen) atoms. The first-order valence-electron chi connectivity index (χ1n) is 10.7. The summed E-state index contributed by atoms with van der Waals surface area (Å²) in [5.41, 5.74) is 5.06. The number of ether oxygens (including phenoxy) is 1. The van der Waals surface area contributed by atoms with Gasteiger partial charge in [0.25, 0.3) is 5.91 Å². The van der Waals surface area contributed by atoms with E-state index in [0.717, 1.165) is 16.9 Å². The molecule has 170 valence electrons. The van der Waals surface area contributed by atoms with Crippen LogP contribution in [-0.2, 0) is 0 Å². The van der Waals surface area contributed by atoms with E-state index in [1.165, 1.54) is 11.9 Å². The van der Waals surface area contributed by atoms with Crippen molar-refractivity contribution in [3.05, 3.63) is 83.4 Å². The molecule has 0 saturated carbocycles. The Morgan fingerprint density at radius 2 is 1.85 bits per heavy atom. The molecule has 1 N–H and O–H groups in total. The molecule has 9 heteroatoms. The first-order chi connectivity index (χ1) is 16.4. The predicted molar refractivity (Wildman–Crippen MR) is 129 cm³/mol. The molecular weight excluding hydrogens is 430 g/mol. The van der Waals surface area contributed by atoms with Gasteiger partial charge in [0.05, 0.1) is 30.1 Å². The summed E-state index contributed by atoms with van der Waals surface area (Å²) in [6, 6.07) is 14.9. The van der Waals surface area contributed by atoms with Crippen LogP contribution >= 0.6 is 0 Å². The van der Waals surface area contributed by atoms with Gasteiger partial charge in [0.1, 0.15) is 17.9 Å². The Morgan fingerprint density at radius 3 is 2.65 bits per heavy atom. The molecule has 0 unspecified atom stereocenters. The van der Waals surface area contributed by atoms with Gasteiger partial charge in [-0.05, 0) is 50.6 Å². The highest BCUT2D eigenvalue weighted by molar-refractivity contribution is 6.04. The standard InChI is InChI=1S/C25H23N7O2/c1-15-8-9-21(16(2)10-15)31-23-20(13-28-31)24(27-14-26-23)32-22(11-17(3)30-32)29-25(33)18-6-5-7-19(12-18)34-4/h5-14H,1-4H3,(H,29,33). The lowest BCUT2D eigenvalue weighted by molar-refractivity contribution is 0.102. The number of amides is 1. The first kappa shape index (κ1) is 21.3. The smallest absolute Gasteiger partial charge is 0.256 e. The van der Waals surface area contributed by atoms with Crippen molar-refractivity contribution in [2.24, 2.45) is 0 Å². The number of nitrogens with one attached hydrogen (secondary N) is 1. The van der Waals surface area contributed by atoms with Crippen LogP contribution in [0.4, 0.5) is 5.82 Å². The van der Waals surface area contributed by atoms with Crippen LogP contribution in [0.15, 0.2) is 61.1 Å². The SMILES string of the molecule is COc1cccc(C(=O)Nc2cc(C)nn2-c2ncnc3c2cnn3-c2ccc(C)cc2C)c1. The van der Waals surface area contributed by atoms with E-state index >= 15 is 0 Å². The number of aryl methyl sites for hydroxylation is 3. The minimum atomic E-state index is -0.281. The van der Waals surface area contributed by atoms with Crippen LogP contribution in [-0.4, -0.2) is 42.5 Å². The molecule has 3 heterocycles. The van der Waals surface area contributed by atoms with E-state index in [-0.39, 0.29) is 5.91 Å². The molecule has 0 aliphatic carbocycles. The molecule has 9 nitrogen and oxygen atoms in total. The summed E-state index contributed by atoms with van der Waals surface area (Å²) >= 11 is 0. The van der Waals surface area contributed by atoms with Gasteiger partial charge >= 0.3 is 0 Å². The Kier molecular flexibility index (Phi) is 5.29. The van der Waals surface area contributed by atoms with Crippen LogP contribution in [0.25, 0.3) is 22.5 Å². The highest BCUT2D eigenvalue weighted by Crippen LogP contribution is 2.26. The highest BCUT2D eigenvalue weighted by atomic mass is 16.5. The normalized spacial score (nSPS) is 11.1. The van der Waals surface area contributed by atoms with Gasteiger partial charge in [0.15, 0.2) is 11.5 Å². The summed E-state index contributed by atoms with van der Waals surface area (Å²) in [6.07, 6.45) is 3.19. The second-order valence-corrected chi connectivity index (χ2v) is 8.05. The van der Waals surface area contributed by atoms with Gasteiger partial charge in [0.2, 0.25) is 0 Å². The monoisotopic (exact) mass is 453 g/mol. The average molecular weight is 454 g/mol.